The maximum atomic E-state index is 5.08. The van der Waals surface area contributed by atoms with E-state index in [0.717, 1.165) is 17.9 Å². The standard InChI is InChI=1S/C25H27N2/c1-17-10-12-21-20-9-7-6-8-18(20)11-13-22(21)23(17)24-26-19(14-15-27(24)5)16-25(2,3)4/h6-15H,16H2,1-5H3/q+1. The maximum absolute atomic E-state index is 5.08. The van der Waals surface area contributed by atoms with Gasteiger partial charge >= 0.3 is 5.82 Å². The summed E-state index contributed by atoms with van der Waals surface area (Å²) >= 11 is 0. The number of benzene rings is 3. The molecule has 0 N–H and O–H groups in total. The zero-order chi connectivity index (χ0) is 19.2. The Kier molecular flexibility index (Phi) is 4.22. The summed E-state index contributed by atoms with van der Waals surface area (Å²) in [7, 11) is 2.09. The number of rotatable bonds is 2. The van der Waals surface area contributed by atoms with Crippen LogP contribution < -0.4 is 4.57 Å². The second-order valence-electron chi connectivity index (χ2n) is 8.73. The molecule has 1 aromatic heterocycles. The van der Waals surface area contributed by atoms with Crippen LogP contribution in [0, 0.1) is 12.3 Å². The fraction of sp³-hybridized carbons (Fsp3) is 0.280. The number of fused-ring (bicyclic) bond motifs is 3. The normalized spacial score (nSPS) is 12.0. The molecule has 27 heavy (non-hydrogen) atoms. The van der Waals surface area contributed by atoms with Crippen molar-refractivity contribution in [1.82, 2.24) is 4.98 Å². The van der Waals surface area contributed by atoms with Crippen molar-refractivity contribution in [1.29, 1.82) is 0 Å². The predicted octanol–water partition coefficient (Wildman–Crippen LogP) is 5.78. The Morgan fingerprint density at radius 3 is 2.37 bits per heavy atom. The molecule has 2 nitrogen and oxygen atoms in total. The highest BCUT2D eigenvalue weighted by atomic mass is 15.0. The van der Waals surface area contributed by atoms with Crippen molar-refractivity contribution in [3.8, 4) is 11.4 Å². The molecule has 4 aromatic rings. The van der Waals surface area contributed by atoms with Crippen molar-refractivity contribution in [2.45, 2.75) is 34.1 Å². The highest BCUT2D eigenvalue weighted by Crippen LogP contribution is 2.34. The van der Waals surface area contributed by atoms with E-state index >= 15 is 0 Å². The van der Waals surface area contributed by atoms with Crippen LogP contribution in [0.25, 0.3) is 32.9 Å². The lowest BCUT2D eigenvalue weighted by atomic mass is 9.90. The number of aryl methyl sites for hydroxylation is 2. The summed E-state index contributed by atoms with van der Waals surface area (Å²) in [6, 6.07) is 19.7. The molecule has 0 radical (unpaired) electrons. The molecule has 0 amide bonds. The zero-order valence-electron chi connectivity index (χ0n) is 16.9. The quantitative estimate of drug-likeness (QED) is 0.329. The van der Waals surface area contributed by atoms with Crippen LogP contribution in [0.1, 0.15) is 32.0 Å². The van der Waals surface area contributed by atoms with Gasteiger partial charge < -0.3 is 0 Å². The second kappa shape index (κ2) is 6.45. The minimum absolute atomic E-state index is 0.216. The fourth-order valence-electron chi connectivity index (χ4n) is 3.89. The number of hydrogen-bond donors (Lipinski definition) is 0. The number of aromatic nitrogens is 2. The summed E-state index contributed by atoms with van der Waals surface area (Å²) in [5, 5.41) is 5.13. The largest absolute Gasteiger partial charge is 0.331 e. The van der Waals surface area contributed by atoms with Gasteiger partial charge in [0.2, 0.25) is 0 Å². The SMILES string of the molecule is Cc1ccc2c(ccc3ccccc32)c1-c1nc(CC(C)(C)C)cc[n+]1C. The molecule has 0 aliphatic carbocycles. The third-order valence-corrected chi connectivity index (χ3v) is 5.14. The van der Waals surface area contributed by atoms with E-state index in [1.807, 2.05) is 0 Å². The van der Waals surface area contributed by atoms with E-state index in [9.17, 15) is 0 Å². The van der Waals surface area contributed by atoms with Gasteiger partial charge in [0.25, 0.3) is 0 Å². The van der Waals surface area contributed by atoms with Crippen molar-refractivity contribution in [2.75, 3.05) is 0 Å². The summed E-state index contributed by atoms with van der Waals surface area (Å²) in [6.07, 6.45) is 3.11. The van der Waals surface area contributed by atoms with E-state index in [-0.39, 0.29) is 5.41 Å². The van der Waals surface area contributed by atoms with Crippen LogP contribution in [0.5, 0.6) is 0 Å². The van der Waals surface area contributed by atoms with Crippen LogP contribution in [0.15, 0.2) is 60.8 Å². The summed E-state index contributed by atoms with van der Waals surface area (Å²) in [5.74, 6) is 1.04. The minimum Gasteiger partial charge on any atom is -0.233 e. The van der Waals surface area contributed by atoms with Crippen molar-refractivity contribution >= 4 is 21.5 Å². The molecule has 136 valence electrons. The van der Waals surface area contributed by atoms with Crippen molar-refractivity contribution in [3.05, 3.63) is 72.1 Å². The van der Waals surface area contributed by atoms with E-state index in [4.69, 9.17) is 4.98 Å². The first-order valence-electron chi connectivity index (χ1n) is 9.60. The molecule has 4 rings (SSSR count). The smallest absolute Gasteiger partial charge is 0.233 e. The van der Waals surface area contributed by atoms with Crippen LogP contribution in [0.3, 0.4) is 0 Å². The van der Waals surface area contributed by atoms with Crippen molar-refractivity contribution in [2.24, 2.45) is 12.5 Å². The average molecular weight is 356 g/mol. The second-order valence-corrected chi connectivity index (χ2v) is 8.73. The molecule has 0 fully saturated rings. The lowest BCUT2D eigenvalue weighted by Crippen LogP contribution is -2.33. The molecule has 0 saturated heterocycles. The van der Waals surface area contributed by atoms with E-state index in [1.165, 1.54) is 32.7 Å². The van der Waals surface area contributed by atoms with E-state index in [1.54, 1.807) is 0 Å². The van der Waals surface area contributed by atoms with E-state index < -0.39 is 0 Å². The molecule has 0 spiro atoms. The summed E-state index contributed by atoms with van der Waals surface area (Å²) < 4.78 is 2.14. The van der Waals surface area contributed by atoms with Gasteiger partial charge in [-0.25, -0.2) is 4.57 Å². The number of nitrogens with zero attached hydrogens (tertiary/aromatic N) is 2. The Bertz CT molecular complexity index is 1150. The lowest BCUT2D eigenvalue weighted by molar-refractivity contribution is -0.663. The molecule has 0 aliphatic rings. The third kappa shape index (κ3) is 3.32. The number of hydrogen-bond acceptors (Lipinski definition) is 1. The van der Waals surface area contributed by atoms with Crippen LogP contribution >= 0.6 is 0 Å². The van der Waals surface area contributed by atoms with Crippen molar-refractivity contribution < 1.29 is 4.57 Å². The van der Waals surface area contributed by atoms with E-state index in [0.29, 0.717) is 0 Å². The fourth-order valence-corrected chi connectivity index (χ4v) is 3.89. The third-order valence-electron chi connectivity index (χ3n) is 5.14. The Labute approximate surface area is 161 Å². The Morgan fingerprint density at radius 1 is 0.852 bits per heavy atom. The van der Waals surface area contributed by atoms with Gasteiger partial charge in [-0.2, -0.15) is 0 Å². The Balaban J connectivity index is 2.00. The highest BCUT2D eigenvalue weighted by molar-refractivity contribution is 6.11. The molecular formula is C25H27N2+. The van der Waals surface area contributed by atoms with Gasteiger partial charge in [0, 0.05) is 12.5 Å². The molecule has 0 aliphatic heterocycles. The van der Waals surface area contributed by atoms with Gasteiger partial charge in [-0.1, -0.05) is 69.3 Å². The first kappa shape index (κ1) is 17.7. The summed E-state index contributed by atoms with van der Waals surface area (Å²) in [5.41, 5.74) is 3.85. The van der Waals surface area contributed by atoms with Crippen LogP contribution in [0.2, 0.25) is 0 Å². The lowest BCUT2D eigenvalue weighted by Gasteiger charge is -2.16. The summed E-state index contributed by atoms with van der Waals surface area (Å²) in [4.78, 5) is 5.08. The predicted molar refractivity (Wildman–Crippen MR) is 114 cm³/mol. The van der Waals surface area contributed by atoms with Crippen LogP contribution in [-0.2, 0) is 13.5 Å². The van der Waals surface area contributed by atoms with Crippen LogP contribution in [-0.4, -0.2) is 4.98 Å². The molecule has 1 heterocycles. The minimum atomic E-state index is 0.216. The van der Waals surface area contributed by atoms with Gasteiger partial charge in [0.05, 0.1) is 18.8 Å². The maximum Gasteiger partial charge on any atom is 0.331 e. The molecule has 0 saturated carbocycles. The van der Waals surface area contributed by atoms with Crippen molar-refractivity contribution in [3.63, 3.8) is 0 Å². The van der Waals surface area contributed by atoms with Gasteiger partial charge in [-0.05, 0) is 44.4 Å². The zero-order valence-corrected chi connectivity index (χ0v) is 16.9. The monoisotopic (exact) mass is 355 g/mol. The topological polar surface area (TPSA) is 16.8 Å². The van der Waals surface area contributed by atoms with E-state index in [2.05, 4.69) is 100 Å². The first-order valence-corrected chi connectivity index (χ1v) is 9.60. The van der Waals surface area contributed by atoms with Gasteiger partial charge in [0.15, 0.2) is 5.69 Å². The molecular weight excluding hydrogens is 328 g/mol. The molecule has 0 atom stereocenters. The molecule has 3 aromatic carbocycles. The summed E-state index contributed by atoms with van der Waals surface area (Å²) in [6.45, 7) is 8.96. The Hall–Kier alpha value is -2.74. The molecule has 0 unspecified atom stereocenters. The molecule has 0 bridgehead atoms. The average Bonchev–Trinajstić information content (AvgIpc) is 2.62. The Morgan fingerprint density at radius 2 is 1.59 bits per heavy atom. The van der Waals surface area contributed by atoms with Gasteiger partial charge in [0.1, 0.15) is 0 Å². The highest BCUT2D eigenvalue weighted by Gasteiger charge is 2.23. The molecule has 2 heteroatoms. The van der Waals surface area contributed by atoms with Gasteiger partial charge in [-0.15, -0.1) is 0 Å². The van der Waals surface area contributed by atoms with Gasteiger partial charge in [-0.3, -0.25) is 0 Å². The van der Waals surface area contributed by atoms with Crippen LogP contribution in [0.4, 0.5) is 0 Å². The first-order chi connectivity index (χ1) is 12.8.